The minimum atomic E-state index is -3.19. The lowest BCUT2D eigenvalue weighted by molar-refractivity contribution is 0.296. The van der Waals surface area contributed by atoms with E-state index >= 15 is 0 Å². The summed E-state index contributed by atoms with van der Waals surface area (Å²) in [5, 5.41) is 0.721. The van der Waals surface area contributed by atoms with Gasteiger partial charge in [-0.3, -0.25) is 4.52 Å². The molecule has 136 valence electrons. The number of hydrogen-bond acceptors (Lipinski definition) is 5. The first kappa shape index (κ1) is 20.7. The van der Waals surface area contributed by atoms with Gasteiger partial charge in [-0.15, -0.1) is 0 Å². The molecule has 0 bridgehead atoms. The van der Waals surface area contributed by atoms with Crippen LogP contribution in [-0.4, -0.2) is 12.4 Å². The molecule has 0 saturated carbocycles. The van der Waals surface area contributed by atoms with E-state index in [0.717, 1.165) is 20.6 Å². The van der Waals surface area contributed by atoms with Gasteiger partial charge in [0.25, 0.3) is 0 Å². The van der Waals surface area contributed by atoms with Crippen molar-refractivity contribution in [2.75, 3.05) is 12.4 Å². The normalized spacial score (nSPS) is 13.6. The van der Waals surface area contributed by atoms with Gasteiger partial charge < -0.3 is 4.52 Å². The van der Waals surface area contributed by atoms with Crippen molar-refractivity contribution in [3.63, 3.8) is 0 Å². The molecule has 7 heteroatoms. The number of hydrogen-bond donors (Lipinski definition) is 0. The molecule has 0 N–H and O–H groups in total. The van der Waals surface area contributed by atoms with Gasteiger partial charge >= 0.3 is 6.80 Å². The molecule has 0 fully saturated rings. The standard InChI is InChI=1S/C18H22ClO3PS2/c1-4-21-23(20,24-13-14(2)3)22-16-7-11-18(12-8-16)25-17-9-5-15(19)6-10-17/h5-12,14H,4,13H2,1-3H3. The van der Waals surface area contributed by atoms with Crippen LogP contribution < -0.4 is 4.52 Å². The molecular formula is C18H22ClO3PS2. The van der Waals surface area contributed by atoms with Crippen LogP contribution in [0, 0.1) is 5.92 Å². The minimum absolute atomic E-state index is 0.354. The van der Waals surface area contributed by atoms with Gasteiger partial charge in [0.15, 0.2) is 0 Å². The van der Waals surface area contributed by atoms with Crippen LogP contribution in [0.25, 0.3) is 0 Å². The molecule has 1 unspecified atom stereocenters. The van der Waals surface area contributed by atoms with E-state index in [1.54, 1.807) is 11.8 Å². The van der Waals surface area contributed by atoms with Gasteiger partial charge in [0.2, 0.25) is 0 Å². The Morgan fingerprint density at radius 2 is 1.60 bits per heavy atom. The lowest BCUT2D eigenvalue weighted by Crippen LogP contribution is -1.99. The fourth-order valence-electron chi connectivity index (χ4n) is 1.82. The monoisotopic (exact) mass is 416 g/mol. The van der Waals surface area contributed by atoms with Gasteiger partial charge in [-0.1, -0.05) is 37.2 Å². The lowest BCUT2D eigenvalue weighted by Gasteiger charge is -2.18. The SMILES string of the molecule is CCOP(=O)(Oc1ccc(Sc2ccc(Cl)cc2)cc1)SCC(C)C. The Kier molecular flexibility index (Phi) is 8.24. The Labute approximate surface area is 163 Å². The summed E-state index contributed by atoms with van der Waals surface area (Å²) in [6.07, 6.45) is 0. The molecule has 0 aliphatic carbocycles. The second-order valence-electron chi connectivity index (χ2n) is 5.67. The van der Waals surface area contributed by atoms with Gasteiger partial charge in [-0.05, 0) is 72.8 Å². The van der Waals surface area contributed by atoms with Crippen molar-refractivity contribution in [2.24, 2.45) is 5.92 Å². The van der Waals surface area contributed by atoms with Gasteiger partial charge in [0.1, 0.15) is 5.75 Å². The maximum absolute atomic E-state index is 12.8. The highest BCUT2D eigenvalue weighted by Crippen LogP contribution is 2.60. The smallest absolute Gasteiger partial charge is 0.417 e. The predicted molar refractivity (Wildman–Crippen MR) is 109 cm³/mol. The first-order valence-electron chi connectivity index (χ1n) is 8.02. The average molecular weight is 417 g/mol. The molecule has 0 aliphatic heterocycles. The van der Waals surface area contributed by atoms with E-state index in [4.69, 9.17) is 20.6 Å². The number of halogens is 1. The van der Waals surface area contributed by atoms with Crippen molar-refractivity contribution in [3.05, 3.63) is 53.6 Å². The first-order valence-corrected chi connectivity index (χ1v) is 12.3. The van der Waals surface area contributed by atoms with Crippen molar-refractivity contribution in [2.45, 2.75) is 30.6 Å². The fourth-order valence-corrected chi connectivity index (χ4v) is 6.52. The Bertz CT molecular complexity index is 705. The van der Waals surface area contributed by atoms with Crippen molar-refractivity contribution in [1.29, 1.82) is 0 Å². The molecular weight excluding hydrogens is 395 g/mol. The second kappa shape index (κ2) is 9.94. The van der Waals surface area contributed by atoms with Crippen LogP contribution in [0.15, 0.2) is 58.3 Å². The molecule has 1 atom stereocenters. The summed E-state index contributed by atoms with van der Waals surface area (Å²) < 4.78 is 23.9. The number of benzene rings is 2. The molecule has 0 aliphatic rings. The molecule has 2 aromatic rings. The third-order valence-corrected chi connectivity index (χ3v) is 8.29. The summed E-state index contributed by atoms with van der Waals surface area (Å²) in [4.78, 5) is 2.17. The number of rotatable bonds is 9. The minimum Gasteiger partial charge on any atom is -0.417 e. The van der Waals surface area contributed by atoms with E-state index in [-0.39, 0.29) is 0 Å². The summed E-state index contributed by atoms with van der Waals surface area (Å²) in [5.74, 6) is 1.69. The Morgan fingerprint density at radius 1 is 1.04 bits per heavy atom. The summed E-state index contributed by atoms with van der Waals surface area (Å²) in [7, 11) is 0. The van der Waals surface area contributed by atoms with Crippen molar-refractivity contribution in [1.82, 2.24) is 0 Å². The van der Waals surface area contributed by atoms with Gasteiger partial charge in [-0.25, -0.2) is 4.57 Å². The zero-order valence-electron chi connectivity index (χ0n) is 14.5. The van der Waals surface area contributed by atoms with Gasteiger partial charge in [0.05, 0.1) is 6.61 Å². The van der Waals surface area contributed by atoms with Crippen LogP contribution in [0.2, 0.25) is 5.02 Å². The summed E-state index contributed by atoms with van der Waals surface area (Å²) in [5.41, 5.74) is 0. The molecule has 2 aromatic carbocycles. The molecule has 0 heterocycles. The fraction of sp³-hybridized carbons (Fsp3) is 0.333. The topological polar surface area (TPSA) is 35.5 Å². The van der Waals surface area contributed by atoms with E-state index < -0.39 is 6.80 Å². The van der Waals surface area contributed by atoms with E-state index in [9.17, 15) is 4.57 Å². The van der Waals surface area contributed by atoms with Gasteiger partial charge in [-0.2, -0.15) is 0 Å². The van der Waals surface area contributed by atoms with Crippen LogP contribution in [0.4, 0.5) is 0 Å². The van der Waals surface area contributed by atoms with E-state index in [0.29, 0.717) is 18.3 Å². The maximum Gasteiger partial charge on any atom is 0.440 e. The van der Waals surface area contributed by atoms with Crippen LogP contribution in [0.1, 0.15) is 20.8 Å². The lowest BCUT2D eigenvalue weighted by atomic mass is 10.3. The Morgan fingerprint density at radius 3 is 2.12 bits per heavy atom. The molecule has 0 radical (unpaired) electrons. The quantitative estimate of drug-likeness (QED) is 0.398. The third kappa shape index (κ3) is 7.28. The van der Waals surface area contributed by atoms with Crippen molar-refractivity contribution < 1.29 is 13.6 Å². The van der Waals surface area contributed by atoms with Crippen LogP contribution in [-0.2, 0) is 9.09 Å². The predicted octanol–water partition coefficient (Wildman–Crippen LogP) is 7.40. The molecule has 2 rings (SSSR count). The molecule has 0 saturated heterocycles. The maximum atomic E-state index is 12.8. The average Bonchev–Trinajstić information content (AvgIpc) is 2.57. The van der Waals surface area contributed by atoms with Crippen molar-refractivity contribution in [3.8, 4) is 5.75 Å². The largest absolute Gasteiger partial charge is 0.440 e. The van der Waals surface area contributed by atoms with E-state index in [1.165, 1.54) is 11.4 Å². The molecule has 25 heavy (non-hydrogen) atoms. The molecule has 0 aromatic heterocycles. The van der Waals surface area contributed by atoms with Crippen LogP contribution >= 0.6 is 41.5 Å². The summed E-state index contributed by atoms with van der Waals surface area (Å²) >= 11 is 8.78. The van der Waals surface area contributed by atoms with Crippen LogP contribution in [0.5, 0.6) is 5.75 Å². The summed E-state index contributed by atoms with van der Waals surface area (Å²) in [6.45, 7) is 3.14. The van der Waals surface area contributed by atoms with E-state index in [1.807, 2.05) is 55.5 Å². The zero-order valence-corrected chi connectivity index (χ0v) is 17.8. The van der Waals surface area contributed by atoms with Crippen molar-refractivity contribution >= 4 is 41.5 Å². The molecule has 0 spiro atoms. The van der Waals surface area contributed by atoms with E-state index in [2.05, 4.69) is 13.8 Å². The summed E-state index contributed by atoms with van der Waals surface area (Å²) in [6, 6.07) is 15.2. The van der Waals surface area contributed by atoms with Crippen LogP contribution in [0.3, 0.4) is 0 Å². The van der Waals surface area contributed by atoms with Gasteiger partial charge in [0, 0.05) is 20.6 Å². The molecule has 3 nitrogen and oxygen atoms in total. The highest BCUT2D eigenvalue weighted by molar-refractivity contribution is 8.55. The Balaban J connectivity index is 2.02. The Hall–Kier alpha value is -0.580. The first-order chi connectivity index (χ1) is 11.9. The zero-order chi connectivity index (χ0) is 18.3. The highest BCUT2D eigenvalue weighted by Gasteiger charge is 2.27. The molecule has 0 amide bonds. The second-order valence-corrected chi connectivity index (χ2v) is 11.3. The highest BCUT2D eigenvalue weighted by atomic mass is 35.5. The third-order valence-electron chi connectivity index (χ3n) is 2.94.